The number of hydrogen-bond acceptors (Lipinski definition) is 6. The first kappa shape index (κ1) is 23.8. The minimum atomic E-state index is -0.582. The zero-order chi connectivity index (χ0) is 23.8. The Hall–Kier alpha value is -3.85. The quantitative estimate of drug-likeness (QED) is 0.334. The van der Waals surface area contributed by atoms with Crippen LogP contribution in [0.3, 0.4) is 0 Å². The van der Waals surface area contributed by atoms with Crippen molar-refractivity contribution in [2.75, 3.05) is 43.1 Å². The monoisotopic (exact) mass is 450 g/mol. The Kier molecular flexibility index (Phi) is 8.04. The van der Waals surface area contributed by atoms with Gasteiger partial charge >= 0.3 is 6.03 Å². The highest BCUT2D eigenvalue weighted by atomic mass is 19.1. The van der Waals surface area contributed by atoms with Crippen LogP contribution in [0.1, 0.15) is 28.0 Å². The third-order valence-electron chi connectivity index (χ3n) is 4.76. The van der Waals surface area contributed by atoms with Crippen LogP contribution in [0.2, 0.25) is 0 Å². The number of rotatable bonds is 9. The number of aryl methyl sites for hydroxylation is 1. The molecule has 0 saturated carbocycles. The lowest BCUT2D eigenvalue weighted by atomic mass is 10.0. The van der Waals surface area contributed by atoms with Gasteiger partial charge in [0.05, 0.1) is 5.69 Å². The zero-order valence-corrected chi connectivity index (χ0v) is 18.9. The van der Waals surface area contributed by atoms with Crippen LogP contribution in [-0.4, -0.2) is 53.9 Å². The first-order valence-electron chi connectivity index (χ1n) is 10.5. The number of anilines is 3. The molecule has 0 aliphatic carbocycles. The van der Waals surface area contributed by atoms with E-state index in [4.69, 9.17) is 0 Å². The molecule has 3 rings (SSSR count). The maximum atomic E-state index is 14.3. The van der Waals surface area contributed by atoms with E-state index in [0.717, 1.165) is 13.0 Å². The minimum Gasteiger partial charge on any atom is -0.367 e. The molecule has 0 atom stereocenters. The molecule has 0 saturated heterocycles. The Morgan fingerprint density at radius 3 is 2.27 bits per heavy atom. The van der Waals surface area contributed by atoms with Crippen LogP contribution in [0.25, 0.3) is 0 Å². The molecule has 0 aliphatic rings. The average Bonchev–Trinajstić information content (AvgIpc) is 2.80. The van der Waals surface area contributed by atoms with Crippen molar-refractivity contribution in [3.63, 3.8) is 0 Å². The third kappa shape index (κ3) is 6.81. The summed E-state index contributed by atoms with van der Waals surface area (Å²) in [6.07, 6.45) is 0.807. The van der Waals surface area contributed by atoms with Crippen molar-refractivity contribution in [1.82, 2.24) is 14.9 Å². The summed E-state index contributed by atoms with van der Waals surface area (Å²) in [7, 11) is 3.93. The van der Waals surface area contributed by atoms with Crippen molar-refractivity contribution in [2.24, 2.45) is 0 Å². The predicted molar refractivity (Wildman–Crippen MR) is 127 cm³/mol. The summed E-state index contributed by atoms with van der Waals surface area (Å²) in [4.78, 5) is 35.0. The van der Waals surface area contributed by atoms with Gasteiger partial charge in [-0.1, -0.05) is 30.3 Å². The number of halogens is 1. The molecule has 0 spiro atoms. The van der Waals surface area contributed by atoms with Gasteiger partial charge in [0.25, 0.3) is 0 Å². The molecule has 172 valence electrons. The largest absolute Gasteiger partial charge is 0.367 e. The first-order chi connectivity index (χ1) is 15.8. The van der Waals surface area contributed by atoms with Crippen LogP contribution in [-0.2, 0) is 0 Å². The summed E-state index contributed by atoms with van der Waals surface area (Å²) in [5.74, 6) is -0.630. The molecule has 0 radical (unpaired) electrons. The number of nitrogens with one attached hydrogen (secondary N) is 3. The number of ketones is 1. The molecule has 9 heteroatoms. The summed E-state index contributed by atoms with van der Waals surface area (Å²) in [6.45, 7) is 2.89. The molecule has 3 N–H and O–H groups in total. The van der Waals surface area contributed by atoms with E-state index in [1.165, 1.54) is 6.92 Å². The van der Waals surface area contributed by atoms with Gasteiger partial charge in [0, 0.05) is 23.4 Å². The molecule has 8 nitrogen and oxygen atoms in total. The van der Waals surface area contributed by atoms with E-state index in [0.29, 0.717) is 23.4 Å². The van der Waals surface area contributed by atoms with Crippen LogP contribution >= 0.6 is 0 Å². The van der Waals surface area contributed by atoms with E-state index in [-0.39, 0.29) is 23.2 Å². The van der Waals surface area contributed by atoms with Gasteiger partial charge in [-0.15, -0.1) is 0 Å². The zero-order valence-electron chi connectivity index (χ0n) is 18.9. The van der Waals surface area contributed by atoms with Crippen LogP contribution in [0.5, 0.6) is 0 Å². The van der Waals surface area contributed by atoms with E-state index in [1.54, 1.807) is 48.5 Å². The van der Waals surface area contributed by atoms with Crippen molar-refractivity contribution in [1.29, 1.82) is 0 Å². The minimum absolute atomic E-state index is 0.0163. The van der Waals surface area contributed by atoms with E-state index in [9.17, 15) is 14.0 Å². The van der Waals surface area contributed by atoms with Crippen molar-refractivity contribution in [3.05, 3.63) is 77.2 Å². The fourth-order valence-corrected chi connectivity index (χ4v) is 3.06. The first-order valence-corrected chi connectivity index (χ1v) is 10.5. The number of amides is 2. The molecule has 0 bridgehead atoms. The van der Waals surface area contributed by atoms with Crippen LogP contribution in [0, 0.1) is 12.7 Å². The van der Waals surface area contributed by atoms with Gasteiger partial charge in [-0.2, -0.15) is 4.98 Å². The molecule has 0 aliphatic heterocycles. The molecule has 3 aromatic rings. The Bertz CT molecular complexity index is 1100. The van der Waals surface area contributed by atoms with Gasteiger partial charge in [0.2, 0.25) is 5.95 Å². The smallest absolute Gasteiger partial charge is 0.326 e. The molecule has 2 amide bonds. The lowest BCUT2D eigenvalue weighted by Gasteiger charge is -2.13. The van der Waals surface area contributed by atoms with Gasteiger partial charge in [0.15, 0.2) is 17.4 Å². The van der Waals surface area contributed by atoms with Crippen LogP contribution < -0.4 is 16.0 Å². The standard InChI is InChI=1S/C24H27FN6O2/c1-16-20(25)22(26-14-7-15-31(2)3)29-23(27-16)30-24(33)28-19-12-10-18(11-13-19)21(32)17-8-5-4-6-9-17/h4-6,8-13H,7,14-15H2,1-3H3,(H3,26,27,28,29,30,33). The van der Waals surface area contributed by atoms with E-state index in [1.807, 2.05) is 25.1 Å². The normalized spacial score (nSPS) is 10.7. The second kappa shape index (κ2) is 11.1. The Balaban J connectivity index is 1.60. The van der Waals surface area contributed by atoms with Crippen molar-refractivity contribution < 1.29 is 14.0 Å². The number of urea groups is 1. The molecule has 0 fully saturated rings. The van der Waals surface area contributed by atoms with Crippen molar-refractivity contribution in [3.8, 4) is 0 Å². The lowest BCUT2D eigenvalue weighted by Crippen LogP contribution is -2.22. The van der Waals surface area contributed by atoms with Gasteiger partial charge in [-0.25, -0.2) is 14.2 Å². The SMILES string of the molecule is Cc1nc(NC(=O)Nc2ccc(C(=O)c3ccccc3)cc2)nc(NCCCN(C)C)c1F. The molecule has 1 heterocycles. The highest BCUT2D eigenvalue weighted by Gasteiger charge is 2.14. The molecule has 33 heavy (non-hydrogen) atoms. The van der Waals surface area contributed by atoms with Crippen molar-refractivity contribution in [2.45, 2.75) is 13.3 Å². The second-order valence-corrected chi connectivity index (χ2v) is 7.73. The predicted octanol–water partition coefficient (Wildman–Crippen LogP) is 4.16. The number of aromatic nitrogens is 2. The summed E-state index contributed by atoms with van der Waals surface area (Å²) >= 11 is 0. The van der Waals surface area contributed by atoms with Gasteiger partial charge in [0.1, 0.15) is 0 Å². The second-order valence-electron chi connectivity index (χ2n) is 7.73. The number of nitrogens with zero attached hydrogens (tertiary/aromatic N) is 3. The summed E-state index contributed by atoms with van der Waals surface area (Å²) in [5, 5.41) is 8.12. The van der Waals surface area contributed by atoms with Gasteiger partial charge < -0.3 is 15.5 Å². The molecule has 1 aromatic heterocycles. The molecule has 0 unspecified atom stereocenters. The lowest BCUT2D eigenvalue weighted by molar-refractivity contribution is 0.103. The van der Waals surface area contributed by atoms with E-state index < -0.39 is 11.8 Å². The summed E-state index contributed by atoms with van der Waals surface area (Å²) in [6, 6.07) is 14.9. The third-order valence-corrected chi connectivity index (χ3v) is 4.76. The van der Waals surface area contributed by atoms with Crippen molar-refractivity contribution >= 4 is 29.3 Å². The maximum absolute atomic E-state index is 14.3. The molecular weight excluding hydrogens is 423 g/mol. The number of hydrogen-bond donors (Lipinski definition) is 3. The Morgan fingerprint density at radius 1 is 0.939 bits per heavy atom. The molecule has 2 aromatic carbocycles. The highest BCUT2D eigenvalue weighted by Crippen LogP contribution is 2.17. The van der Waals surface area contributed by atoms with Crippen LogP contribution in [0.15, 0.2) is 54.6 Å². The van der Waals surface area contributed by atoms with Crippen LogP contribution in [0.4, 0.5) is 26.6 Å². The van der Waals surface area contributed by atoms with E-state index >= 15 is 0 Å². The van der Waals surface area contributed by atoms with Gasteiger partial charge in [-0.3, -0.25) is 10.1 Å². The Morgan fingerprint density at radius 2 is 1.61 bits per heavy atom. The van der Waals surface area contributed by atoms with Gasteiger partial charge in [-0.05, 0) is 58.3 Å². The fraction of sp³-hybridized carbons (Fsp3) is 0.250. The topological polar surface area (TPSA) is 99.2 Å². The fourth-order valence-electron chi connectivity index (χ4n) is 3.06. The molecular formula is C24H27FN6O2. The van der Waals surface area contributed by atoms with E-state index in [2.05, 4.69) is 25.9 Å². The summed E-state index contributed by atoms with van der Waals surface area (Å²) in [5.41, 5.74) is 1.71. The number of carbonyl (C=O) groups is 2. The number of benzene rings is 2. The summed E-state index contributed by atoms with van der Waals surface area (Å²) < 4.78 is 14.3. The Labute approximate surface area is 192 Å². The average molecular weight is 451 g/mol. The number of carbonyl (C=O) groups excluding carboxylic acids is 2. The highest BCUT2D eigenvalue weighted by molar-refractivity contribution is 6.09. The maximum Gasteiger partial charge on any atom is 0.326 e.